The van der Waals surface area contributed by atoms with Gasteiger partial charge in [-0.25, -0.2) is 0 Å². The van der Waals surface area contributed by atoms with Crippen molar-refractivity contribution >= 4 is 10.1 Å². The predicted octanol–water partition coefficient (Wildman–Crippen LogP) is 1.43. The van der Waals surface area contributed by atoms with E-state index in [1.807, 2.05) is 6.92 Å². The van der Waals surface area contributed by atoms with E-state index in [0.29, 0.717) is 18.6 Å². The third-order valence-electron chi connectivity index (χ3n) is 2.07. The van der Waals surface area contributed by atoms with Gasteiger partial charge in [0.2, 0.25) is 0 Å². The molecule has 0 bridgehead atoms. The molecule has 0 spiro atoms. The lowest BCUT2D eigenvalue weighted by molar-refractivity contribution is 0.201. The lowest BCUT2D eigenvalue weighted by atomic mass is 10.1. The van der Waals surface area contributed by atoms with E-state index in [0.717, 1.165) is 5.56 Å². The van der Waals surface area contributed by atoms with Crippen LogP contribution in [0.3, 0.4) is 0 Å². The molecule has 15 heavy (non-hydrogen) atoms. The van der Waals surface area contributed by atoms with Gasteiger partial charge in [0, 0.05) is 7.11 Å². The van der Waals surface area contributed by atoms with Gasteiger partial charge >= 0.3 is 0 Å². The minimum absolute atomic E-state index is 0.0369. The number of hydrogen-bond acceptors (Lipinski definition) is 3. The number of methoxy groups -OCH3 is 1. The average Bonchev–Trinajstić information content (AvgIpc) is 2.12. The first-order chi connectivity index (χ1) is 6.95. The Morgan fingerprint density at radius 3 is 2.60 bits per heavy atom. The Morgan fingerprint density at radius 1 is 1.40 bits per heavy atom. The number of ether oxygens (including phenoxy) is 1. The van der Waals surface area contributed by atoms with Crippen LogP contribution < -0.4 is 0 Å². The van der Waals surface area contributed by atoms with E-state index < -0.39 is 10.1 Å². The largest absolute Gasteiger partial charge is 0.384 e. The Balaban J connectivity index is 3.15. The molecule has 4 nitrogen and oxygen atoms in total. The zero-order valence-corrected chi connectivity index (χ0v) is 9.54. The van der Waals surface area contributed by atoms with Gasteiger partial charge < -0.3 is 4.74 Å². The molecule has 0 saturated heterocycles. The third-order valence-corrected chi connectivity index (χ3v) is 3.02. The van der Waals surface area contributed by atoms with Crippen LogP contribution in [-0.4, -0.2) is 26.7 Å². The topological polar surface area (TPSA) is 63.6 Å². The highest BCUT2D eigenvalue weighted by Gasteiger charge is 2.14. The zero-order chi connectivity index (χ0) is 11.5. The Bertz CT molecular complexity index is 437. The highest BCUT2D eigenvalue weighted by atomic mass is 32.2. The molecular weight excluding hydrogens is 216 g/mol. The van der Waals surface area contributed by atoms with E-state index >= 15 is 0 Å². The molecule has 0 heterocycles. The Hall–Kier alpha value is -0.910. The molecule has 5 heteroatoms. The summed E-state index contributed by atoms with van der Waals surface area (Å²) in [6.45, 7) is 2.29. The van der Waals surface area contributed by atoms with Gasteiger partial charge in [-0.3, -0.25) is 4.55 Å². The molecule has 0 unspecified atom stereocenters. The van der Waals surface area contributed by atoms with Gasteiger partial charge in [0.05, 0.1) is 11.5 Å². The van der Waals surface area contributed by atoms with Gasteiger partial charge in [0.25, 0.3) is 10.1 Å². The normalized spacial score (nSPS) is 11.7. The van der Waals surface area contributed by atoms with Crippen molar-refractivity contribution in [3.8, 4) is 0 Å². The number of benzene rings is 1. The van der Waals surface area contributed by atoms with Crippen molar-refractivity contribution in [1.29, 1.82) is 0 Å². The maximum absolute atomic E-state index is 11.0. The fourth-order valence-electron chi connectivity index (χ4n) is 1.37. The van der Waals surface area contributed by atoms with Crippen molar-refractivity contribution < 1.29 is 17.7 Å². The first-order valence-corrected chi connectivity index (χ1v) is 5.95. The summed E-state index contributed by atoms with van der Waals surface area (Å²) >= 11 is 0. The van der Waals surface area contributed by atoms with Gasteiger partial charge in [0.1, 0.15) is 0 Å². The highest BCUT2D eigenvalue weighted by Crippen LogP contribution is 2.17. The number of rotatable bonds is 4. The molecule has 0 aliphatic carbocycles. The molecule has 0 aliphatic heterocycles. The van der Waals surface area contributed by atoms with Gasteiger partial charge in [0.15, 0.2) is 0 Å². The molecule has 0 aromatic heterocycles. The molecule has 1 N–H and O–H groups in total. The molecule has 0 amide bonds. The summed E-state index contributed by atoms with van der Waals surface area (Å²) < 4.78 is 36.0. The van der Waals surface area contributed by atoms with Gasteiger partial charge in [-0.2, -0.15) is 8.42 Å². The van der Waals surface area contributed by atoms with Crippen LogP contribution in [0.5, 0.6) is 0 Å². The van der Waals surface area contributed by atoms with Crippen LogP contribution in [0.1, 0.15) is 11.1 Å². The summed E-state index contributed by atoms with van der Waals surface area (Å²) in [6, 6.07) is 4.80. The Kier molecular flexibility index (Phi) is 3.84. The quantitative estimate of drug-likeness (QED) is 0.795. The smallest absolute Gasteiger partial charge is 0.294 e. The molecule has 1 aromatic carbocycles. The summed E-state index contributed by atoms with van der Waals surface area (Å²) in [6.07, 6.45) is 0.466. The monoisotopic (exact) mass is 230 g/mol. The van der Waals surface area contributed by atoms with E-state index in [1.165, 1.54) is 6.07 Å². The third kappa shape index (κ3) is 3.30. The number of hydrogen-bond donors (Lipinski definition) is 1. The molecule has 0 fully saturated rings. The van der Waals surface area contributed by atoms with Crippen LogP contribution in [-0.2, 0) is 21.3 Å². The maximum atomic E-state index is 11.0. The Labute approximate surface area is 89.6 Å². The molecule has 0 radical (unpaired) electrons. The predicted molar refractivity (Wildman–Crippen MR) is 56.6 cm³/mol. The molecule has 0 aliphatic rings. The molecule has 84 valence electrons. The van der Waals surface area contributed by atoms with E-state index in [4.69, 9.17) is 9.29 Å². The van der Waals surface area contributed by atoms with Crippen molar-refractivity contribution in [3.63, 3.8) is 0 Å². The van der Waals surface area contributed by atoms with E-state index in [9.17, 15) is 8.42 Å². The molecule has 0 saturated carbocycles. The second-order valence-corrected chi connectivity index (χ2v) is 4.72. The fraction of sp³-hybridized carbons (Fsp3) is 0.400. The van der Waals surface area contributed by atoms with Gasteiger partial charge in [-0.15, -0.1) is 0 Å². The molecule has 1 aromatic rings. The summed E-state index contributed by atoms with van der Waals surface area (Å²) in [4.78, 5) is -0.0369. The van der Waals surface area contributed by atoms with Crippen LogP contribution in [0.15, 0.2) is 23.1 Å². The van der Waals surface area contributed by atoms with E-state index in [2.05, 4.69) is 0 Å². The lowest BCUT2D eigenvalue weighted by Gasteiger charge is -2.07. The molecule has 1 rings (SSSR count). The fourth-order valence-corrected chi connectivity index (χ4v) is 2.10. The van der Waals surface area contributed by atoms with Crippen LogP contribution >= 0.6 is 0 Å². The SMILES string of the molecule is COCCc1cc(C)ccc1S(=O)(=O)O. The minimum Gasteiger partial charge on any atom is -0.384 e. The first kappa shape index (κ1) is 12.2. The second-order valence-electron chi connectivity index (χ2n) is 3.33. The van der Waals surface area contributed by atoms with E-state index in [-0.39, 0.29) is 4.90 Å². The van der Waals surface area contributed by atoms with Crippen molar-refractivity contribution in [2.75, 3.05) is 13.7 Å². The molecule has 0 atom stereocenters. The maximum Gasteiger partial charge on any atom is 0.294 e. The lowest BCUT2D eigenvalue weighted by Crippen LogP contribution is -2.05. The second kappa shape index (κ2) is 4.74. The zero-order valence-electron chi connectivity index (χ0n) is 8.73. The Morgan fingerprint density at radius 2 is 2.07 bits per heavy atom. The minimum atomic E-state index is -4.14. The van der Waals surface area contributed by atoms with Crippen molar-refractivity contribution in [3.05, 3.63) is 29.3 Å². The van der Waals surface area contributed by atoms with Crippen LogP contribution in [0, 0.1) is 6.92 Å². The van der Waals surface area contributed by atoms with Crippen molar-refractivity contribution in [2.45, 2.75) is 18.2 Å². The van der Waals surface area contributed by atoms with Crippen molar-refractivity contribution in [1.82, 2.24) is 0 Å². The summed E-state index contributed by atoms with van der Waals surface area (Å²) in [5, 5.41) is 0. The van der Waals surface area contributed by atoms with Crippen LogP contribution in [0.25, 0.3) is 0 Å². The van der Waals surface area contributed by atoms with Gasteiger partial charge in [-0.05, 0) is 25.0 Å². The summed E-state index contributed by atoms with van der Waals surface area (Å²) in [7, 11) is -2.59. The standard InChI is InChI=1S/C10H14O4S/c1-8-3-4-10(15(11,12)13)9(7-8)5-6-14-2/h3-4,7H,5-6H2,1-2H3,(H,11,12,13). The van der Waals surface area contributed by atoms with E-state index in [1.54, 1.807) is 19.2 Å². The van der Waals surface area contributed by atoms with Crippen molar-refractivity contribution in [2.24, 2.45) is 0 Å². The summed E-state index contributed by atoms with van der Waals surface area (Å²) in [5.41, 5.74) is 1.54. The number of aryl methyl sites for hydroxylation is 1. The first-order valence-electron chi connectivity index (χ1n) is 4.51. The van der Waals surface area contributed by atoms with Crippen LogP contribution in [0.4, 0.5) is 0 Å². The van der Waals surface area contributed by atoms with Crippen LogP contribution in [0.2, 0.25) is 0 Å². The average molecular weight is 230 g/mol. The van der Waals surface area contributed by atoms with Gasteiger partial charge in [-0.1, -0.05) is 17.7 Å². The molecular formula is C10H14O4S. The highest BCUT2D eigenvalue weighted by molar-refractivity contribution is 7.85. The summed E-state index contributed by atoms with van der Waals surface area (Å²) in [5.74, 6) is 0.